The highest BCUT2D eigenvalue weighted by Crippen LogP contribution is 2.23. The van der Waals surface area contributed by atoms with E-state index in [0.29, 0.717) is 30.3 Å². The van der Waals surface area contributed by atoms with Gasteiger partial charge in [0.2, 0.25) is 10.0 Å². The molecule has 0 N–H and O–H groups in total. The van der Waals surface area contributed by atoms with Gasteiger partial charge in [0, 0.05) is 20.2 Å². The highest BCUT2D eigenvalue weighted by Gasteiger charge is 2.26. The number of benzene rings is 1. The second kappa shape index (κ2) is 8.97. The molecule has 0 radical (unpaired) electrons. The van der Waals surface area contributed by atoms with Crippen molar-refractivity contribution in [1.29, 1.82) is 0 Å². The van der Waals surface area contributed by atoms with Crippen molar-refractivity contribution in [3.05, 3.63) is 29.8 Å². The van der Waals surface area contributed by atoms with E-state index in [9.17, 15) is 8.42 Å². The van der Waals surface area contributed by atoms with Crippen LogP contribution in [0, 0.1) is 0 Å². The van der Waals surface area contributed by atoms with E-state index in [1.807, 2.05) is 32.9 Å². The third-order valence-corrected chi connectivity index (χ3v) is 6.60. The van der Waals surface area contributed by atoms with Crippen LogP contribution in [0.15, 0.2) is 29.2 Å². The molecule has 1 unspecified atom stereocenters. The second-order valence-electron chi connectivity index (χ2n) is 7.00. The average Bonchev–Trinajstić information content (AvgIpc) is 2.57. The van der Waals surface area contributed by atoms with Gasteiger partial charge in [0.1, 0.15) is 0 Å². The largest absolute Gasteiger partial charge is 0.379 e. The number of rotatable bonds is 10. The van der Waals surface area contributed by atoms with E-state index < -0.39 is 10.0 Å². The van der Waals surface area contributed by atoms with E-state index in [1.165, 1.54) is 5.56 Å². The number of hydrogen-bond donors (Lipinski definition) is 0. The molecule has 5 heteroatoms. The van der Waals surface area contributed by atoms with Crippen molar-refractivity contribution in [3.63, 3.8) is 0 Å². The molecule has 0 saturated carbocycles. The van der Waals surface area contributed by atoms with Crippen LogP contribution in [-0.2, 0) is 14.8 Å². The first kappa shape index (κ1) is 21.1. The van der Waals surface area contributed by atoms with Crippen molar-refractivity contribution in [3.8, 4) is 0 Å². The zero-order valence-corrected chi connectivity index (χ0v) is 16.8. The fourth-order valence-electron chi connectivity index (χ4n) is 2.45. The summed E-state index contributed by atoms with van der Waals surface area (Å²) in [6, 6.07) is 7.34. The van der Waals surface area contributed by atoms with Gasteiger partial charge in [0.05, 0.1) is 10.5 Å². The number of sulfonamides is 1. The molecule has 1 rings (SSSR count). The Kier molecular flexibility index (Phi) is 7.90. The summed E-state index contributed by atoms with van der Waals surface area (Å²) in [5.74, 6) is 0.441. The van der Waals surface area contributed by atoms with E-state index in [0.717, 1.165) is 12.8 Å². The van der Waals surface area contributed by atoms with Crippen LogP contribution in [0.3, 0.4) is 0 Å². The first-order valence-corrected chi connectivity index (χ1v) is 10.3. The van der Waals surface area contributed by atoms with Crippen LogP contribution in [0.2, 0.25) is 0 Å². The molecule has 0 amide bonds. The third-order valence-electron chi connectivity index (χ3n) is 4.69. The lowest BCUT2D eigenvalue weighted by molar-refractivity contribution is 0.0121. The Morgan fingerprint density at radius 3 is 2.17 bits per heavy atom. The summed E-state index contributed by atoms with van der Waals surface area (Å²) in [5.41, 5.74) is 0.848. The Morgan fingerprint density at radius 2 is 1.71 bits per heavy atom. The van der Waals surface area contributed by atoms with Crippen molar-refractivity contribution in [2.24, 2.45) is 0 Å². The van der Waals surface area contributed by atoms with Crippen LogP contribution in [0.25, 0.3) is 0 Å². The van der Waals surface area contributed by atoms with Crippen LogP contribution < -0.4 is 0 Å². The molecule has 0 aliphatic carbocycles. The lowest BCUT2D eigenvalue weighted by atomic mass is 9.99. The fourth-order valence-corrected chi connectivity index (χ4v) is 3.98. The molecule has 0 fully saturated rings. The quantitative estimate of drug-likeness (QED) is 0.624. The summed E-state index contributed by atoms with van der Waals surface area (Å²) in [6.07, 6.45) is 2.49. The van der Waals surface area contributed by atoms with Gasteiger partial charge in [-0.1, -0.05) is 32.9 Å². The summed E-state index contributed by atoms with van der Waals surface area (Å²) in [5, 5.41) is 0. The Morgan fingerprint density at radius 1 is 1.12 bits per heavy atom. The zero-order chi connectivity index (χ0) is 18.4. The van der Waals surface area contributed by atoms with E-state index in [1.54, 1.807) is 23.5 Å². The number of methoxy groups -OCH3 is 1. The predicted octanol–water partition coefficient (Wildman–Crippen LogP) is 4.42. The van der Waals surface area contributed by atoms with E-state index >= 15 is 0 Å². The van der Waals surface area contributed by atoms with Gasteiger partial charge < -0.3 is 4.74 Å². The summed E-state index contributed by atoms with van der Waals surface area (Å²) >= 11 is 0. The maximum Gasteiger partial charge on any atom is 0.243 e. The lowest BCUT2D eigenvalue weighted by Gasteiger charge is -2.28. The molecule has 0 aromatic heterocycles. The Bertz CT molecular complexity index is 594. The number of hydrogen-bond acceptors (Lipinski definition) is 3. The van der Waals surface area contributed by atoms with Crippen LogP contribution in [0.1, 0.15) is 65.4 Å². The van der Waals surface area contributed by atoms with Gasteiger partial charge in [-0.05, 0) is 56.7 Å². The van der Waals surface area contributed by atoms with Gasteiger partial charge in [-0.25, -0.2) is 8.42 Å². The van der Waals surface area contributed by atoms with Gasteiger partial charge in [-0.15, -0.1) is 0 Å². The number of nitrogens with zero attached hydrogens (tertiary/aromatic N) is 1. The van der Waals surface area contributed by atoms with Crippen molar-refractivity contribution < 1.29 is 13.2 Å². The molecule has 1 aromatic carbocycles. The summed E-state index contributed by atoms with van der Waals surface area (Å²) < 4.78 is 32.9. The standard InChI is InChI=1S/C19H33NO3S/c1-7-14-20(15-13-19(4,5)23-6)24(21,22)18-11-9-17(10-12-18)16(3)8-2/h9-12,16H,7-8,13-15H2,1-6H3. The topological polar surface area (TPSA) is 46.6 Å². The van der Waals surface area contributed by atoms with Gasteiger partial charge in [-0.3, -0.25) is 0 Å². The highest BCUT2D eigenvalue weighted by molar-refractivity contribution is 7.89. The molecule has 0 saturated heterocycles. The van der Waals surface area contributed by atoms with Gasteiger partial charge in [0.15, 0.2) is 0 Å². The molecule has 1 aromatic rings. The summed E-state index contributed by atoms with van der Waals surface area (Å²) in [6.45, 7) is 11.2. The molecular weight excluding hydrogens is 322 g/mol. The van der Waals surface area contributed by atoms with E-state index in [4.69, 9.17) is 4.74 Å². The average molecular weight is 356 g/mol. The molecule has 0 heterocycles. The van der Waals surface area contributed by atoms with Crippen LogP contribution >= 0.6 is 0 Å². The number of ether oxygens (including phenoxy) is 1. The van der Waals surface area contributed by atoms with Crippen molar-refractivity contribution >= 4 is 10.0 Å². The molecule has 0 aliphatic rings. The van der Waals surface area contributed by atoms with Crippen molar-refractivity contribution in [2.75, 3.05) is 20.2 Å². The first-order valence-electron chi connectivity index (χ1n) is 8.83. The minimum absolute atomic E-state index is 0.331. The fraction of sp³-hybridized carbons (Fsp3) is 0.684. The molecule has 4 nitrogen and oxygen atoms in total. The lowest BCUT2D eigenvalue weighted by Crippen LogP contribution is -2.37. The minimum Gasteiger partial charge on any atom is -0.379 e. The van der Waals surface area contributed by atoms with Gasteiger partial charge >= 0.3 is 0 Å². The Hall–Kier alpha value is -0.910. The normalized spacial score (nSPS) is 14.1. The maximum atomic E-state index is 13.0. The van der Waals surface area contributed by atoms with Crippen LogP contribution in [-0.4, -0.2) is 38.5 Å². The zero-order valence-electron chi connectivity index (χ0n) is 16.0. The highest BCUT2D eigenvalue weighted by atomic mass is 32.2. The predicted molar refractivity (Wildman–Crippen MR) is 99.9 cm³/mol. The minimum atomic E-state index is -3.47. The molecule has 0 aliphatic heterocycles. The SMILES string of the molecule is CCCN(CCC(C)(C)OC)S(=O)(=O)c1ccc(C(C)CC)cc1. The van der Waals surface area contributed by atoms with E-state index in [2.05, 4.69) is 13.8 Å². The van der Waals surface area contributed by atoms with Crippen molar-refractivity contribution in [2.45, 2.75) is 70.3 Å². The molecule has 138 valence electrons. The molecule has 0 bridgehead atoms. The smallest absolute Gasteiger partial charge is 0.243 e. The van der Waals surface area contributed by atoms with Crippen LogP contribution in [0.5, 0.6) is 0 Å². The van der Waals surface area contributed by atoms with Crippen LogP contribution in [0.4, 0.5) is 0 Å². The van der Waals surface area contributed by atoms with Gasteiger partial charge in [-0.2, -0.15) is 4.31 Å². The van der Waals surface area contributed by atoms with Gasteiger partial charge in [0.25, 0.3) is 0 Å². The molecule has 24 heavy (non-hydrogen) atoms. The first-order chi connectivity index (χ1) is 11.2. The Balaban J connectivity index is 2.99. The Labute approximate surface area is 148 Å². The maximum absolute atomic E-state index is 13.0. The summed E-state index contributed by atoms with van der Waals surface area (Å²) in [4.78, 5) is 0.373. The molecule has 0 spiro atoms. The molecular formula is C19H33NO3S. The second-order valence-corrected chi connectivity index (χ2v) is 8.93. The molecule has 1 atom stereocenters. The van der Waals surface area contributed by atoms with E-state index in [-0.39, 0.29) is 5.60 Å². The third kappa shape index (κ3) is 5.57. The summed E-state index contributed by atoms with van der Waals surface area (Å²) in [7, 11) is -1.81. The monoisotopic (exact) mass is 355 g/mol. The van der Waals surface area contributed by atoms with Crippen molar-refractivity contribution in [1.82, 2.24) is 4.31 Å².